The number of hydrogen-bond donors (Lipinski definition) is 0. The third-order valence-electron chi connectivity index (χ3n) is 2.88. The molecule has 0 atom stereocenters. The first-order valence-electron chi connectivity index (χ1n) is 7.81. The minimum absolute atomic E-state index is 0.0185. The van der Waals surface area contributed by atoms with Crippen LogP contribution in [-0.4, -0.2) is 25.7 Å². The summed E-state index contributed by atoms with van der Waals surface area (Å²) in [6.45, 7) is 9.05. The number of ether oxygens (including phenoxy) is 1. The molecule has 0 saturated carbocycles. The van der Waals surface area contributed by atoms with Crippen LogP contribution < -0.4 is 0 Å². The number of oxime groups is 1. The maximum Gasteiger partial charge on any atom is 0.358 e. The van der Waals surface area contributed by atoms with Crippen molar-refractivity contribution in [3.8, 4) is 0 Å². The predicted molar refractivity (Wildman–Crippen MR) is 92.3 cm³/mol. The number of carbonyl (C=O) groups is 1. The molecular weight excluding hydrogens is 330 g/mol. The summed E-state index contributed by atoms with van der Waals surface area (Å²) in [6.07, 6.45) is 1.05. The van der Waals surface area contributed by atoms with E-state index in [9.17, 15) is 13.2 Å². The van der Waals surface area contributed by atoms with E-state index in [0.29, 0.717) is 18.6 Å². The van der Waals surface area contributed by atoms with Gasteiger partial charge in [0.05, 0.1) is 12.1 Å². The van der Waals surface area contributed by atoms with E-state index in [2.05, 4.69) is 5.16 Å². The van der Waals surface area contributed by atoms with E-state index in [1.54, 1.807) is 32.9 Å². The molecule has 0 unspecified atom stereocenters. The van der Waals surface area contributed by atoms with Crippen LogP contribution in [0.3, 0.4) is 0 Å². The van der Waals surface area contributed by atoms with Gasteiger partial charge >= 0.3 is 16.1 Å². The van der Waals surface area contributed by atoms with Crippen molar-refractivity contribution in [3.63, 3.8) is 0 Å². The van der Waals surface area contributed by atoms with Crippen LogP contribution in [0.5, 0.6) is 0 Å². The van der Waals surface area contributed by atoms with Crippen LogP contribution in [0.2, 0.25) is 0 Å². The molecule has 0 heterocycles. The minimum Gasteiger partial charge on any atom is -0.460 e. The fourth-order valence-electron chi connectivity index (χ4n) is 1.85. The zero-order chi connectivity index (χ0) is 18.4. The second-order valence-corrected chi connectivity index (χ2v) is 8.04. The number of aryl methyl sites for hydroxylation is 1. The van der Waals surface area contributed by atoms with Gasteiger partial charge in [0, 0.05) is 0 Å². The number of hydrogen-bond acceptors (Lipinski definition) is 6. The summed E-state index contributed by atoms with van der Waals surface area (Å²) in [5.74, 6) is -0.467. The molecule has 0 aromatic heterocycles. The molecule has 0 bridgehead atoms. The summed E-state index contributed by atoms with van der Waals surface area (Å²) < 4.78 is 34.2. The average molecular weight is 355 g/mol. The average Bonchev–Trinajstić information content (AvgIpc) is 2.43. The van der Waals surface area contributed by atoms with Gasteiger partial charge in [-0.1, -0.05) is 36.2 Å². The molecule has 0 radical (unpaired) electrons. The molecule has 0 aliphatic rings. The van der Waals surface area contributed by atoms with E-state index in [1.807, 2.05) is 13.8 Å². The Morgan fingerprint density at radius 3 is 2.25 bits per heavy atom. The number of rotatable bonds is 7. The van der Waals surface area contributed by atoms with Crippen molar-refractivity contribution in [1.82, 2.24) is 0 Å². The smallest absolute Gasteiger partial charge is 0.358 e. The van der Waals surface area contributed by atoms with Crippen molar-refractivity contribution in [2.45, 2.75) is 64.4 Å². The molecule has 1 aromatic rings. The topological polar surface area (TPSA) is 82.0 Å². The molecule has 6 nitrogen and oxygen atoms in total. The molecule has 0 saturated heterocycles. The molecule has 7 heteroatoms. The van der Waals surface area contributed by atoms with Crippen LogP contribution >= 0.6 is 0 Å². The van der Waals surface area contributed by atoms with Gasteiger partial charge in [0.25, 0.3) is 0 Å². The SMILES string of the molecule is CCC/C(CC(=O)OC(C)(C)C)=N\OS(=O)(=O)c1ccc(C)cc1. The van der Waals surface area contributed by atoms with Gasteiger partial charge < -0.3 is 4.74 Å². The molecule has 0 N–H and O–H groups in total. The van der Waals surface area contributed by atoms with Crippen LogP contribution in [0, 0.1) is 6.92 Å². The van der Waals surface area contributed by atoms with E-state index in [-0.39, 0.29) is 11.3 Å². The van der Waals surface area contributed by atoms with Gasteiger partial charge in [-0.05, 0) is 46.2 Å². The van der Waals surface area contributed by atoms with Crippen LogP contribution in [0.15, 0.2) is 34.3 Å². The quantitative estimate of drug-likeness (QED) is 0.424. The highest BCUT2D eigenvalue weighted by Gasteiger charge is 2.20. The van der Waals surface area contributed by atoms with Crippen molar-refractivity contribution in [2.75, 3.05) is 0 Å². The lowest BCUT2D eigenvalue weighted by Gasteiger charge is -2.19. The molecule has 0 aliphatic carbocycles. The first-order chi connectivity index (χ1) is 11.0. The summed E-state index contributed by atoms with van der Waals surface area (Å²) in [4.78, 5) is 11.9. The monoisotopic (exact) mass is 355 g/mol. The Bertz CT molecular complexity index is 685. The lowest BCUT2D eigenvalue weighted by atomic mass is 10.1. The third kappa shape index (κ3) is 7.12. The van der Waals surface area contributed by atoms with Gasteiger partial charge in [-0.15, -0.1) is 0 Å². The predicted octanol–water partition coefficient (Wildman–Crippen LogP) is 3.59. The molecule has 0 fully saturated rings. The van der Waals surface area contributed by atoms with Gasteiger partial charge in [-0.25, -0.2) is 0 Å². The Hall–Kier alpha value is -1.89. The Balaban J connectivity index is 2.84. The highest BCUT2D eigenvalue weighted by atomic mass is 32.2. The molecule has 1 aromatic carbocycles. The zero-order valence-corrected chi connectivity index (χ0v) is 15.6. The lowest BCUT2D eigenvalue weighted by molar-refractivity contribution is -0.153. The largest absolute Gasteiger partial charge is 0.460 e. The number of carbonyl (C=O) groups excluding carboxylic acids is 1. The second-order valence-electron chi connectivity index (χ2n) is 6.51. The van der Waals surface area contributed by atoms with E-state index in [0.717, 1.165) is 5.56 Å². The van der Waals surface area contributed by atoms with E-state index in [1.165, 1.54) is 12.1 Å². The van der Waals surface area contributed by atoms with Gasteiger partial charge in [0.15, 0.2) is 0 Å². The maximum atomic E-state index is 12.1. The van der Waals surface area contributed by atoms with Crippen LogP contribution in [0.25, 0.3) is 0 Å². The first-order valence-corrected chi connectivity index (χ1v) is 9.22. The van der Waals surface area contributed by atoms with Crippen molar-refractivity contribution >= 4 is 21.8 Å². The fraction of sp³-hybridized carbons (Fsp3) is 0.529. The molecular formula is C17H25NO5S. The van der Waals surface area contributed by atoms with Crippen molar-refractivity contribution < 1.29 is 22.2 Å². The highest BCUT2D eigenvalue weighted by molar-refractivity contribution is 7.86. The van der Waals surface area contributed by atoms with Crippen molar-refractivity contribution in [1.29, 1.82) is 0 Å². The van der Waals surface area contributed by atoms with E-state index < -0.39 is 21.7 Å². The number of esters is 1. The molecule has 0 aliphatic heterocycles. The summed E-state index contributed by atoms with van der Waals surface area (Å²) in [5, 5.41) is 3.68. The Morgan fingerprint density at radius 2 is 1.75 bits per heavy atom. The Labute approximate surface area is 144 Å². The Morgan fingerprint density at radius 1 is 1.17 bits per heavy atom. The first kappa shape index (κ1) is 20.2. The van der Waals surface area contributed by atoms with Crippen molar-refractivity contribution in [2.24, 2.45) is 5.16 Å². The van der Waals surface area contributed by atoms with E-state index >= 15 is 0 Å². The maximum absolute atomic E-state index is 12.1. The second kappa shape index (κ2) is 8.28. The van der Waals surface area contributed by atoms with Gasteiger partial charge in [0.2, 0.25) is 0 Å². The molecule has 0 amide bonds. The van der Waals surface area contributed by atoms with Crippen LogP contribution in [0.1, 0.15) is 52.5 Å². The standard InChI is InChI=1S/C17H25NO5S/c1-6-7-14(12-16(19)22-17(3,4)5)18-23-24(20,21)15-10-8-13(2)9-11-15/h8-11H,6-7,12H2,1-5H3/b18-14+. The molecule has 1 rings (SSSR count). The Kier molecular flexibility index (Phi) is 6.95. The zero-order valence-electron chi connectivity index (χ0n) is 14.8. The van der Waals surface area contributed by atoms with Crippen LogP contribution in [0.4, 0.5) is 0 Å². The minimum atomic E-state index is -4.00. The number of benzene rings is 1. The molecule has 0 spiro atoms. The summed E-state index contributed by atoms with van der Waals surface area (Å²) >= 11 is 0. The van der Waals surface area contributed by atoms with Gasteiger partial charge in [-0.3, -0.25) is 9.08 Å². The normalized spacial score (nSPS) is 12.8. The summed E-state index contributed by atoms with van der Waals surface area (Å²) in [6, 6.07) is 6.25. The highest BCUT2D eigenvalue weighted by Crippen LogP contribution is 2.15. The number of nitrogens with zero attached hydrogens (tertiary/aromatic N) is 1. The third-order valence-corrected chi connectivity index (χ3v) is 4.00. The lowest BCUT2D eigenvalue weighted by Crippen LogP contribution is -2.25. The van der Waals surface area contributed by atoms with Gasteiger partial charge in [0.1, 0.15) is 10.5 Å². The molecule has 134 valence electrons. The summed E-state index contributed by atoms with van der Waals surface area (Å²) in [7, 11) is -4.00. The fourth-order valence-corrected chi connectivity index (χ4v) is 2.61. The van der Waals surface area contributed by atoms with E-state index in [4.69, 9.17) is 9.02 Å². The van der Waals surface area contributed by atoms with Gasteiger partial charge in [-0.2, -0.15) is 8.42 Å². The van der Waals surface area contributed by atoms with Crippen LogP contribution in [-0.2, 0) is 23.9 Å². The molecule has 24 heavy (non-hydrogen) atoms. The summed E-state index contributed by atoms with van der Waals surface area (Å²) in [5.41, 5.74) is 0.667. The van der Waals surface area contributed by atoms with Crippen molar-refractivity contribution in [3.05, 3.63) is 29.8 Å².